The molecule has 0 saturated carbocycles. The molecule has 70 heavy (non-hydrogen) atoms. The molecular formula is C64H108O6. The normalized spacial score (nSPS) is 12.8. The van der Waals surface area contributed by atoms with Crippen molar-refractivity contribution in [3.8, 4) is 0 Å². The van der Waals surface area contributed by atoms with Gasteiger partial charge < -0.3 is 14.2 Å². The predicted octanol–water partition coefficient (Wildman–Crippen LogP) is 19.7. The van der Waals surface area contributed by atoms with Gasteiger partial charge in [0.2, 0.25) is 0 Å². The molecule has 0 aliphatic heterocycles. The van der Waals surface area contributed by atoms with E-state index in [2.05, 4.69) is 106 Å². The van der Waals surface area contributed by atoms with Crippen molar-refractivity contribution in [1.29, 1.82) is 0 Å². The molecular weight excluding hydrogens is 865 g/mol. The SMILES string of the molecule is CC/C=C\C/C=C\C/C=C\C/C=C\C/C=C\CC(=O)OCC(COC(=O)CCCCCCCC/C=C\C/C=C\C/C=C\CCCCC)OC(=O)CCCCCCCCCCCCCCCCCCCC. The van der Waals surface area contributed by atoms with Crippen molar-refractivity contribution in [2.75, 3.05) is 13.2 Å². The molecule has 0 fully saturated rings. The van der Waals surface area contributed by atoms with E-state index in [0.29, 0.717) is 12.8 Å². The first-order valence-corrected chi connectivity index (χ1v) is 29.2. The van der Waals surface area contributed by atoms with Crippen molar-refractivity contribution in [2.45, 2.75) is 277 Å². The van der Waals surface area contributed by atoms with E-state index in [1.54, 1.807) is 6.08 Å². The van der Waals surface area contributed by atoms with Crippen LogP contribution < -0.4 is 0 Å². The van der Waals surface area contributed by atoms with Crippen LogP contribution in [0.15, 0.2) is 97.2 Å². The summed E-state index contributed by atoms with van der Waals surface area (Å²) in [6.07, 6.45) is 77.1. The monoisotopic (exact) mass is 973 g/mol. The molecule has 0 aromatic heterocycles. The second kappa shape index (κ2) is 57.9. The Morgan fingerprint density at radius 1 is 0.314 bits per heavy atom. The molecule has 6 heteroatoms. The third-order valence-corrected chi connectivity index (χ3v) is 12.4. The molecule has 0 rings (SSSR count). The van der Waals surface area contributed by atoms with Crippen LogP contribution in [0.3, 0.4) is 0 Å². The van der Waals surface area contributed by atoms with Gasteiger partial charge in [0.1, 0.15) is 13.2 Å². The lowest BCUT2D eigenvalue weighted by atomic mass is 10.0. The van der Waals surface area contributed by atoms with E-state index in [1.165, 1.54) is 135 Å². The van der Waals surface area contributed by atoms with Crippen molar-refractivity contribution in [1.82, 2.24) is 0 Å². The molecule has 0 bridgehead atoms. The van der Waals surface area contributed by atoms with Gasteiger partial charge in [0.05, 0.1) is 6.42 Å². The van der Waals surface area contributed by atoms with Crippen LogP contribution in [0.5, 0.6) is 0 Å². The minimum atomic E-state index is -0.823. The van der Waals surface area contributed by atoms with Crippen LogP contribution in [-0.2, 0) is 28.6 Å². The average Bonchev–Trinajstić information content (AvgIpc) is 3.36. The third-order valence-electron chi connectivity index (χ3n) is 12.4. The van der Waals surface area contributed by atoms with Crippen molar-refractivity contribution < 1.29 is 28.6 Å². The summed E-state index contributed by atoms with van der Waals surface area (Å²) >= 11 is 0. The third kappa shape index (κ3) is 55.3. The molecule has 0 amide bonds. The van der Waals surface area contributed by atoms with E-state index >= 15 is 0 Å². The van der Waals surface area contributed by atoms with Crippen LogP contribution in [-0.4, -0.2) is 37.2 Å². The van der Waals surface area contributed by atoms with Gasteiger partial charge in [-0.1, -0.05) is 266 Å². The van der Waals surface area contributed by atoms with Crippen LogP contribution in [0.4, 0.5) is 0 Å². The Morgan fingerprint density at radius 3 is 1.03 bits per heavy atom. The molecule has 1 atom stereocenters. The van der Waals surface area contributed by atoms with Gasteiger partial charge in [0.15, 0.2) is 6.10 Å². The van der Waals surface area contributed by atoms with Crippen molar-refractivity contribution in [3.05, 3.63) is 97.2 Å². The summed E-state index contributed by atoms with van der Waals surface area (Å²) in [6, 6.07) is 0. The lowest BCUT2D eigenvalue weighted by molar-refractivity contribution is -0.166. The Hall–Kier alpha value is -3.67. The number of hydrogen-bond acceptors (Lipinski definition) is 6. The maximum atomic E-state index is 12.9. The highest BCUT2D eigenvalue weighted by molar-refractivity contribution is 5.72. The van der Waals surface area contributed by atoms with Crippen molar-refractivity contribution >= 4 is 17.9 Å². The fraction of sp³-hybridized carbons (Fsp3) is 0.703. The fourth-order valence-electron chi connectivity index (χ4n) is 7.99. The Morgan fingerprint density at radius 2 is 0.614 bits per heavy atom. The van der Waals surface area contributed by atoms with Crippen LogP contribution in [0, 0.1) is 0 Å². The molecule has 0 radical (unpaired) electrons. The largest absolute Gasteiger partial charge is 0.462 e. The molecule has 0 aromatic rings. The number of carbonyl (C=O) groups excluding carboxylic acids is 3. The summed E-state index contributed by atoms with van der Waals surface area (Å²) < 4.78 is 16.8. The van der Waals surface area contributed by atoms with E-state index in [4.69, 9.17) is 14.2 Å². The zero-order chi connectivity index (χ0) is 50.7. The number of hydrogen-bond donors (Lipinski definition) is 0. The summed E-state index contributed by atoms with van der Waals surface area (Å²) in [4.78, 5) is 38.1. The molecule has 400 valence electrons. The summed E-state index contributed by atoms with van der Waals surface area (Å²) in [7, 11) is 0. The molecule has 1 unspecified atom stereocenters. The van der Waals surface area contributed by atoms with Gasteiger partial charge >= 0.3 is 17.9 Å². The fourth-order valence-corrected chi connectivity index (χ4v) is 7.99. The highest BCUT2D eigenvalue weighted by Crippen LogP contribution is 2.16. The summed E-state index contributed by atoms with van der Waals surface area (Å²) in [6.45, 7) is 6.42. The first-order valence-electron chi connectivity index (χ1n) is 29.2. The minimum absolute atomic E-state index is 0.113. The van der Waals surface area contributed by atoms with Gasteiger partial charge in [0, 0.05) is 12.8 Å². The van der Waals surface area contributed by atoms with Gasteiger partial charge in [-0.25, -0.2) is 0 Å². The molecule has 6 nitrogen and oxygen atoms in total. The molecule has 0 spiro atoms. The summed E-state index contributed by atoms with van der Waals surface area (Å²) in [5, 5.41) is 0. The second-order valence-corrected chi connectivity index (χ2v) is 19.2. The topological polar surface area (TPSA) is 78.9 Å². The first-order chi connectivity index (χ1) is 34.5. The lowest BCUT2D eigenvalue weighted by Gasteiger charge is -2.18. The molecule has 0 saturated heterocycles. The number of unbranched alkanes of at least 4 members (excludes halogenated alkanes) is 26. The molecule has 0 N–H and O–H groups in total. The van der Waals surface area contributed by atoms with E-state index in [0.717, 1.165) is 96.3 Å². The zero-order valence-corrected chi connectivity index (χ0v) is 45.8. The number of allylic oxidation sites excluding steroid dienone is 15. The summed E-state index contributed by atoms with van der Waals surface area (Å²) in [5.74, 6) is -1.05. The van der Waals surface area contributed by atoms with Gasteiger partial charge in [-0.3, -0.25) is 14.4 Å². The van der Waals surface area contributed by atoms with E-state index < -0.39 is 12.1 Å². The Labute approximate surface area is 432 Å². The summed E-state index contributed by atoms with van der Waals surface area (Å²) in [5.41, 5.74) is 0. The number of carbonyl (C=O) groups is 3. The number of ether oxygens (including phenoxy) is 3. The van der Waals surface area contributed by atoms with E-state index in [1.807, 2.05) is 6.08 Å². The lowest BCUT2D eigenvalue weighted by Crippen LogP contribution is -2.30. The standard InChI is InChI=1S/C64H108O6/c1-4-7-10-13-16-19-22-25-28-30-32-34-36-39-42-45-48-51-54-57-63(66)69-60-61(59-68-62(65)56-53-50-47-44-41-38-35-27-24-21-18-15-12-9-6-3)70-64(67)58-55-52-49-46-43-40-37-33-31-29-26-23-20-17-14-11-8-5-2/h9,12,16,18-19,21,25,27-28,32,34-35,41,44,50,53,61H,4-8,10-11,13-15,17,20,22-24,26,29-31,33,36-40,42-43,45-49,51-52,54-60H2,1-3H3/b12-9-,19-16-,21-18-,28-25-,34-32-,35-27-,44-41-,53-50-. The highest BCUT2D eigenvalue weighted by atomic mass is 16.6. The Kier molecular flexibility index (Phi) is 54.9. The van der Waals surface area contributed by atoms with Crippen LogP contribution in [0.1, 0.15) is 271 Å². The van der Waals surface area contributed by atoms with E-state index in [9.17, 15) is 14.4 Å². The highest BCUT2D eigenvalue weighted by Gasteiger charge is 2.19. The molecule has 0 aliphatic rings. The van der Waals surface area contributed by atoms with Gasteiger partial charge in [0.25, 0.3) is 0 Å². The van der Waals surface area contributed by atoms with Gasteiger partial charge in [-0.05, 0) is 83.5 Å². The Balaban J connectivity index is 4.48. The van der Waals surface area contributed by atoms with Crippen molar-refractivity contribution in [3.63, 3.8) is 0 Å². The smallest absolute Gasteiger partial charge is 0.309 e. The minimum Gasteiger partial charge on any atom is -0.462 e. The zero-order valence-electron chi connectivity index (χ0n) is 45.8. The van der Waals surface area contributed by atoms with Crippen molar-refractivity contribution in [2.24, 2.45) is 0 Å². The molecule has 0 aromatic carbocycles. The predicted molar refractivity (Wildman–Crippen MR) is 302 cm³/mol. The maximum absolute atomic E-state index is 12.9. The van der Waals surface area contributed by atoms with Crippen LogP contribution in [0.2, 0.25) is 0 Å². The average molecular weight is 974 g/mol. The van der Waals surface area contributed by atoms with Crippen LogP contribution in [0.25, 0.3) is 0 Å². The van der Waals surface area contributed by atoms with Crippen LogP contribution >= 0.6 is 0 Å². The number of esters is 3. The quantitative estimate of drug-likeness (QED) is 0.0262. The molecule has 0 aliphatic carbocycles. The van der Waals surface area contributed by atoms with Gasteiger partial charge in [-0.15, -0.1) is 0 Å². The number of rotatable bonds is 52. The first kappa shape index (κ1) is 66.3. The maximum Gasteiger partial charge on any atom is 0.309 e. The van der Waals surface area contributed by atoms with Gasteiger partial charge in [-0.2, -0.15) is 0 Å². The Bertz CT molecular complexity index is 1400. The molecule has 0 heterocycles. The second-order valence-electron chi connectivity index (χ2n) is 19.2. The van der Waals surface area contributed by atoms with E-state index in [-0.39, 0.29) is 31.6 Å².